The van der Waals surface area contributed by atoms with Crippen molar-refractivity contribution in [2.24, 2.45) is 5.92 Å². The number of nitrogens with one attached hydrogen (secondary N) is 1. The summed E-state index contributed by atoms with van der Waals surface area (Å²) in [7, 11) is 0. The molecule has 1 amide bonds. The molecule has 0 spiro atoms. The summed E-state index contributed by atoms with van der Waals surface area (Å²) in [5.41, 5.74) is 2.20. The lowest BCUT2D eigenvalue weighted by Gasteiger charge is -2.28. The van der Waals surface area contributed by atoms with E-state index in [4.69, 9.17) is 21.4 Å². The van der Waals surface area contributed by atoms with Crippen molar-refractivity contribution < 1.29 is 14.6 Å². The number of hydrogen-bond donors (Lipinski definition) is 2. The van der Waals surface area contributed by atoms with Crippen molar-refractivity contribution >= 4 is 17.7 Å². The molecule has 140 valence electrons. The highest BCUT2D eigenvalue weighted by molar-refractivity contribution is 6.28. The molecule has 0 bridgehead atoms. The Balaban J connectivity index is 1.99. The van der Waals surface area contributed by atoms with E-state index in [1.807, 2.05) is 45.9 Å². The van der Waals surface area contributed by atoms with Gasteiger partial charge in [-0.05, 0) is 74.5 Å². The van der Waals surface area contributed by atoms with Crippen molar-refractivity contribution in [2.75, 3.05) is 6.61 Å². The largest absolute Gasteiger partial charge is 0.493 e. The minimum atomic E-state index is -1.01. The van der Waals surface area contributed by atoms with Gasteiger partial charge in [0.1, 0.15) is 5.75 Å². The van der Waals surface area contributed by atoms with Crippen LogP contribution in [0.5, 0.6) is 5.75 Å². The first-order chi connectivity index (χ1) is 12.2. The molecule has 0 saturated heterocycles. The van der Waals surface area contributed by atoms with Crippen LogP contribution < -0.4 is 10.1 Å². The molecule has 1 atom stereocenters. The number of aryl methyl sites for hydroxylation is 1. The predicted molar refractivity (Wildman–Crippen MR) is 102 cm³/mol. The summed E-state index contributed by atoms with van der Waals surface area (Å²) in [6.45, 7) is 8.25. The van der Waals surface area contributed by atoms with Gasteiger partial charge >= 0.3 is 6.09 Å². The standard InChI is InChI=1S/C19H24ClN3O3/c1-12(10-19(3,4)23-18(24)25)11-26-16-6-5-14(9-13(16)2)15-7-8-21-17(20)22-15/h5-9,12,23H,10-11H2,1-4H3,(H,24,25)/t12-/m0/s1. The van der Waals surface area contributed by atoms with Gasteiger partial charge in [-0.15, -0.1) is 0 Å². The molecular weight excluding hydrogens is 354 g/mol. The van der Waals surface area contributed by atoms with Crippen molar-refractivity contribution in [2.45, 2.75) is 39.7 Å². The number of rotatable bonds is 7. The van der Waals surface area contributed by atoms with E-state index in [0.717, 1.165) is 22.6 Å². The number of amides is 1. The third-order valence-corrected chi connectivity index (χ3v) is 4.11. The average Bonchev–Trinajstić information content (AvgIpc) is 2.51. The Labute approximate surface area is 158 Å². The van der Waals surface area contributed by atoms with Crippen LogP contribution >= 0.6 is 11.6 Å². The number of carboxylic acid groups (broad SMARTS) is 1. The summed E-state index contributed by atoms with van der Waals surface area (Å²) in [6, 6.07) is 7.64. The van der Waals surface area contributed by atoms with Crippen molar-refractivity contribution in [1.29, 1.82) is 0 Å². The van der Waals surface area contributed by atoms with Gasteiger partial charge in [-0.25, -0.2) is 14.8 Å². The van der Waals surface area contributed by atoms with Gasteiger partial charge in [0.15, 0.2) is 0 Å². The highest BCUT2D eigenvalue weighted by Gasteiger charge is 2.23. The summed E-state index contributed by atoms with van der Waals surface area (Å²) in [5, 5.41) is 11.6. The molecule has 1 heterocycles. The molecule has 2 aromatic rings. The Morgan fingerprint density at radius 2 is 2.12 bits per heavy atom. The van der Waals surface area contributed by atoms with Crippen LogP contribution in [0.1, 0.15) is 32.8 Å². The van der Waals surface area contributed by atoms with E-state index in [0.29, 0.717) is 13.0 Å². The molecule has 26 heavy (non-hydrogen) atoms. The third kappa shape index (κ3) is 5.88. The Bertz CT molecular complexity index is 780. The zero-order valence-electron chi connectivity index (χ0n) is 15.4. The van der Waals surface area contributed by atoms with E-state index in [2.05, 4.69) is 15.3 Å². The van der Waals surface area contributed by atoms with Gasteiger partial charge in [0.25, 0.3) is 0 Å². The lowest BCUT2D eigenvalue weighted by molar-refractivity contribution is 0.169. The molecule has 0 fully saturated rings. The number of benzene rings is 1. The van der Waals surface area contributed by atoms with Gasteiger partial charge in [0.05, 0.1) is 12.3 Å². The van der Waals surface area contributed by atoms with Crippen LogP contribution in [0, 0.1) is 12.8 Å². The van der Waals surface area contributed by atoms with Gasteiger partial charge in [-0.3, -0.25) is 0 Å². The molecule has 0 aliphatic rings. The fraction of sp³-hybridized carbons (Fsp3) is 0.421. The number of nitrogens with zero attached hydrogens (tertiary/aromatic N) is 2. The Kier molecular flexibility index (Phi) is 6.42. The molecule has 1 aromatic heterocycles. The maximum atomic E-state index is 10.8. The second-order valence-electron chi connectivity index (χ2n) is 7.13. The molecule has 6 nitrogen and oxygen atoms in total. The number of carbonyl (C=O) groups is 1. The van der Waals surface area contributed by atoms with Crippen LogP contribution in [0.2, 0.25) is 5.28 Å². The van der Waals surface area contributed by atoms with Crippen LogP contribution in [-0.2, 0) is 0 Å². The van der Waals surface area contributed by atoms with Crippen LogP contribution in [-0.4, -0.2) is 33.3 Å². The fourth-order valence-electron chi connectivity index (χ4n) is 2.97. The highest BCUT2D eigenvalue weighted by atomic mass is 35.5. The lowest BCUT2D eigenvalue weighted by atomic mass is 9.92. The van der Waals surface area contributed by atoms with Crippen molar-refractivity contribution in [3.63, 3.8) is 0 Å². The molecule has 7 heteroatoms. The van der Waals surface area contributed by atoms with Gasteiger partial charge in [0.2, 0.25) is 5.28 Å². The quantitative estimate of drug-likeness (QED) is 0.691. The Morgan fingerprint density at radius 3 is 2.73 bits per heavy atom. The van der Waals surface area contributed by atoms with Crippen LogP contribution in [0.15, 0.2) is 30.5 Å². The monoisotopic (exact) mass is 377 g/mol. The van der Waals surface area contributed by atoms with E-state index in [1.54, 1.807) is 12.3 Å². The van der Waals surface area contributed by atoms with Crippen molar-refractivity contribution in [3.8, 4) is 17.0 Å². The van der Waals surface area contributed by atoms with E-state index in [-0.39, 0.29) is 11.2 Å². The smallest absolute Gasteiger partial charge is 0.405 e. The van der Waals surface area contributed by atoms with Crippen LogP contribution in [0.25, 0.3) is 11.3 Å². The summed E-state index contributed by atoms with van der Waals surface area (Å²) in [6.07, 6.45) is 1.29. The average molecular weight is 378 g/mol. The molecule has 0 aliphatic carbocycles. The van der Waals surface area contributed by atoms with Crippen molar-refractivity contribution in [3.05, 3.63) is 41.3 Å². The maximum absolute atomic E-state index is 10.8. The Morgan fingerprint density at radius 1 is 1.38 bits per heavy atom. The molecule has 0 aliphatic heterocycles. The zero-order chi connectivity index (χ0) is 19.3. The van der Waals surface area contributed by atoms with Crippen LogP contribution in [0.3, 0.4) is 0 Å². The van der Waals surface area contributed by atoms with E-state index >= 15 is 0 Å². The van der Waals surface area contributed by atoms with Gasteiger partial charge in [0, 0.05) is 17.3 Å². The molecular formula is C19H24ClN3O3. The first kappa shape index (κ1) is 20.0. The zero-order valence-corrected chi connectivity index (χ0v) is 16.2. The van der Waals surface area contributed by atoms with E-state index in [9.17, 15) is 4.79 Å². The highest BCUT2D eigenvalue weighted by Crippen LogP contribution is 2.26. The molecule has 2 rings (SSSR count). The number of aromatic nitrogens is 2. The normalized spacial score (nSPS) is 12.5. The van der Waals surface area contributed by atoms with Crippen LogP contribution in [0.4, 0.5) is 4.79 Å². The molecule has 1 aromatic carbocycles. The van der Waals surface area contributed by atoms with E-state index < -0.39 is 11.6 Å². The fourth-order valence-corrected chi connectivity index (χ4v) is 3.12. The number of ether oxygens (including phenoxy) is 1. The van der Waals surface area contributed by atoms with Gasteiger partial charge in [-0.1, -0.05) is 6.92 Å². The minimum Gasteiger partial charge on any atom is -0.493 e. The second-order valence-corrected chi connectivity index (χ2v) is 7.46. The first-order valence-electron chi connectivity index (χ1n) is 8.40. The van der Waals surface area contributed by atoms with Gasteiger partial charge in [-0.2, -0.15) is 0 Å². The van der Waals surface area contributed by atoms with Gasteiger partial charge < -0.3 is 15.2 Å². The summed E-state index contributed by atoms with van der Waals surface area (Å²) in [4.78, 5) is 18.9. The minimum absolute atomic E-state index is 0.191. The SMILES string of the molecule is Cc1cc(-c2ccnc(Cl)n2)ccc1OC[C@@H](C)CC(C)(C)NC(=O)O. The first-order valence-corrected chi connectivity index (χ1v) is 8.77. The number of hydrogen-bond acceptors (Lipinski definition) is 4. The molecule has 0 saturated carbocycles. The van der Waals surface area contributed by atoms with E-state index in [1.165, 1.54) is 0 Å². The summed E-state index contributed by atoms with van der Waals surface area (Å²) >= 11 is 5.85. The maximum Gasteiger partial charge on any atom is 0.405 e. The molecule has 0 radical (unpaired) electrons. The second kappa shape index (κ2) is 8.36. The Hall–Kier alpha value is -2.34. The lowest BCUT2D eigenvalue weighted by Crippen LogP contribution is -2.44. The van der Waals surface area contributed by atoms with Crippen molar-refractivity contribution in [1.82, 2.24) is 15.3 Å². The summed E-state index contributed by atoms with van der Waals surface area (Å²) in [5.74, 6) is 0.987. The molecule has 2 N–H and O–H groups in total. The summed E-state index contributed by atoms with van der Waals surface area (Å²) < 4.78 is 5.93. The number of halogens is 1. The molecule has 0 unspecified atom stereocenters. The third-order valence-electron chi connectivity index (χ3n) is 3.92. The topological polar surface area (TPSA) is 84.3 Å². The predicted octanol–water partition coefficient (Wildman–Crippen LogP) is 4.56.